The molecule has 2 rings (SSSR count). The first kappa shape index (κ1) is 10.4. The van der Waals surface area contributed by atoms with Crippen molar-refractivity contribution in [2.24, 2.45) is 5.18 Å². The average molecular weight is 213 g/mol. The topological polar surface area (TPSA) is 49.7 Å². The zero-order valence-corrected chi connectivity index (χ0v) is 8.84. The zero-order valence-electron chi connectivity index (χ0n) is 8.84. The van der Waals surface area contributed by atoms with Gasteiger partial charge in [-0.15, -0.1) is 4.91 Å². The Bertz CT molecular complexity index is 535. The maximum Gasteiger partial charge on any atom is 0.123 e. The van der Waals surface area contributed by atoms with Crippen molar-refractivity contribution in [1.82, 2.24) is 0 Å². The molecule has 0 amide bonds. The lowest BCUT2D eigenvalue weighted by Crippen LogP contribution is -1.81. The number of aryl methyl sites for hydroxylation is 1. The van der Waals surface area contributed by atoms with Crippen molar-refractivity contribution in [3.63, 3.8) is 0 Å². The zero-order chi connectivity index (χ0) is 11.5. The van der Waals surface area contributed by atoms with E-state index >= 15 is 0 Å². The van der Waals surface area contributed by atoms with Crippen LogP contribution in [-0.4, -0.2) is 5.11 Å². The fourth-order valence-corrected chi connectivity index (χ4v) is 1.65. The van der Waals surface area contributed by atoms with Gasteiger partial charge < -0.3 is 5.11 Å². The van der Waals surface area contributed by atoms with Crippen LogP contribution in [0, 0.1) is 11.8 Å². The normalized spacial score (nSPS) is 10.1. The van der Waals surface area contributed by atoms with Gasteiger partial charge in [-0.3, -0.25) is 0 Å². The first-order valence-corrected chi connectivity index (χ1v) is 4.95. The number of hydrogen-bond donors (Lipinski definition) is 1. The van der Waals surface area contributed by atoms with E-state index in [1.54, 1.807) is 24.3 Å². The van der Waals surface area contributed by atoms with Gasteiger partial charge in [-0.25, -0.2) is 0 Å². The van der Waals surface area contributed by atoms with Gasteiger partial charge in [0.05, 0.1) is 0 Å². The predicted octanol–water partition coefficient (Wildman–Crippen LogP) is 3.77. The third-order valence-electron chi connectivity index (χ3n) is 2.44. The number of hydrogen-bond acceptors (Lipinski definition) is 3. The molecule has 0 aliphatic heterocycles. The van der Waals surface area contributed by atoms with Gasteiger partial charge in [0.2, 0.25) is 0 Å². The lowest BCUT2D eigenvalue weighted by molar-refractivity contribution is 0.477. The molecular weight excluding hydrogens is 202 g/mol. The monoisotopic (exact) mass is 213 g/mol. The van der Waals surface area contributed by atoms with Gasteiger partial charge in [-0.05, 0) is 30.3 Å². The standard InChI is InChI=1S/C13H11NO2/c1-9-6-7-12(14-16)11(8-9)10-4-2-3-5-13(10)15/h2-8,15H,1H3. The number of benzene rings is 2. The molecule has 1 N–H and O–H groups in total. The van der Waals surface area contributed by atoms with Crippen molar-refractivity contribution < 1.29 is 5.11 Å². The van der Waals surface area contributed by atoms with E-state index in [0.29, 0.717) is 16.8 Å². The van der Waals surface area contributed by atoms with Crippen LogP contribution in [0.2, 0.25) is 0 Å². The summed E-state index contributed by atoms with van der Waals surface area (Å²) in [4.78, 5) is 10.7. The highest BCUT2D eigenvalue weighted by atomic mass is 16.3. The summed E-state index contributed by atoms with van der Waals surface area (Å²) >= 11 is 0. The summed E-state index contributed by atoms with van der Waals surface area (Å²) in [5, 5.41) is 12.7. The smallest absolute Gasteiger partial charge is 0.123 e. The summed E-state index contributed by atoms with van der Waals surface area (Å²) in [6, 6.07) is 12.2. The first-order chi connectivity index (χ1) is 7.72. The molecule has 0 aromatic heterocycles. The van der Waals surface area contributed by atoms with E-state index in [9.17, 15) is 10.0 Å². The van der Waals surface area contributed by atoms with Gasteiger partial charge in [0.25, 0.3) is 0 Å². The second-order valence-electron chi connectivity index (χ2n) is 3.63. The summed E-state index contributed by atoms with van der Waals surface area (Å²) in [6.07, 6.45) is 0. The SMILES string of the molecule is Cc1ccc(N=O)c(-c2ccccc2O)c1. The molecule has 0 atom stereocenters. The molecule has 0 heterocycles. The number of para-hydroxylation sites is 1. The van der Waals surface area contributed by atoms with Crippen LogP contribution in [0.4, 0.5) is 5.69 Å². The molecule has 3 heteroatoms. The molecule has 3 nitrogen and oxygen atoms in total. The maximum atomic E-state index is 10.7. The quantitative estimate of drug-likeness (QED) is 0.772. The maximum absolute atomic E-state index is 10.7. The number of phenols is 1. The summed E-state index contributed by atoms with van der Waals surface area (Å²) < 4.78 is 0. The first-order valence-electron chi connectivity index (χ1n) is 4.95. The Morgan fingerprint density at radius 2 is 1.81 bits per heavy atom. The Morgan fingerprint density at radius 1 is 1.06 bits per heavy atom. The van der Waals surface area contributed by atoms with Crippen molar-refractivity contribution >= 4 is 5.69 Å². The number of nitrogens with zero attached hydrogens (tertiary/aromatic N) is 1. The molecule has 0 saturated carbocycles. The van der Waals surface area contributed by atoms with Crippen LogP contribution in [0.3, 0.4) is 0 Å². The number of nitroso groups, excluding NO2 is 1. The third-order valence-corrected chi connectivity index (χ3v) is 2.44. The molecule has 0 aliphatic rings. The minimum Gasteiger partial charge on any atom is -0.507 e. The van der Waals surface area contributed by atoms with Gasteiger partial charge in [-0.2, -0.15) is 0 Å². The van der Waals surface area contributed by atoms with E-state index in [1.165, 1.54) is 0 Å². The molecule has 0 spiro atoms. The van der Waals surface area contributed by atoms with Crippen LogP contribution in [0.1, 0.15) is 5.56 Å². The fraction of sp³-hybridized carbons (Fsp3) is 0.0769. The van der Waals surface area contributed by atoms with Crippen molar-refractivity contribution in [2.45, 2.75) is 6.92 Å². The summed E-state index contributed by atoms with van der Waals surface area (Å²) in [6.45, 7) is 1.93. The largest absolute Gasteiger partial charge is 0.507 e. The van der Waals surface area contributed by atoms with Crippen LogP contribution in [0.15, 0.2) is 47.6 Å². The Hall–Kier alpha value is -2.16. The predicted molar refractivity (Wildman–Crippen MR) is 63.7 cm³/mol. The summed E-state index contributed by atoms with van der Waals surface area (Å²) in [5.41, 5.74) is 2.65. The van der Waals surface area contributed by atoms with Crippen LogP contribution in [-0.2, 0) is 0 Å². The van der Waals surface area contributed by atoms with Gasteiger partial charge in [-0.1, -0.05) is 29.8 Å². The lowest BCUT2D eigenvalue weighted by atomic mass is 10.0. The molecular formula is C13H11NO2. The number of aromatic hydroxyl groups is 1. The highest BCUT2D eigenvalue weighted by molar-refractivity contribution is 5.80. The van der Waals surface area contributed by atoms with E-state index in [0.717, 1.165) is 5.56 Å². The Labute approximate surface area is 93.3 Å². The number of rotatable bonds is 2. The van der Waals surface area contributed by atoms with Crippen molar-refractivity contribution in [2.75, 3.05) is 0 Å². The van der Waals surface area contributed by atoms with E-state index < -0.39 is 0 Å². The van der Waals surface area contributed by atoms with E-state index in [1.807, 2.05) is 25.1 Å². The highest BCUT2D eigenvalue weighted by Crippen LogP contribution is 2.36. The van der Waals surface area contributed by atoms with E-state index in [-0.39, 0.29) is 5.75 Å². The van der Waals surface area contributed by atoms with E-state index in [4.69, 9.17) is 0 Å². The molecule has 80 valence electrons. The molecule has 0 bridgehead atoms. The third kappa shape index (κ3) is 1.80. The van der Waals surface area contributed by atoms with Gasteiger partial charge in [0.1, 0.15) is 11.4 Å². The van der Waals surface area contributed by atoms with Crippen LogP contribution in [0.5, 0.6) is 5.75 Å². The Kier molecular flexibility index (Phi) is 2.68. The molecule has 0 fully saturated rings. The minimum absolute atomic E-state index is 0.151. The van der Waals surface area contributed by atoms with Crippen LogP contribution in [0.25, 0.3) is 11.1 Å². The molecule has 0 radical (unpaired) electrons. The molecule has 0 unspecified atom stereocenters. The van der Waals surface area contributed by atoms with E-state index in [2.05, 4.69) is 5.18 Å². The van der Waals surface area contributed by atoms with Crippen molar-refractivity contribution in [3.05, 3.63) is 52.9 Å². The van der Waals surface area contributed by atoms with Crippen molar-refractivity contribution in [1.29, 1.82) is 0 Å². The van der Waals surface area contributed by atoms with Gasteiger partial charge >= 0.3 is 0 Å². The highest BCUT2D eigenvalue weighted by Gasteiger charge is 2.09. The lowest BCUT2D eigenvalue weighted by Gasteiger charge is -2.07. The van der Waals surface area contributed by atoms with Crippen molar-refractivity contribution in [3.8, 4) is 16.9 Å². The van der Waals surface area contributed by atoms with Gasteiger partial charge in [0, 0.05) is 11.1 Å². The fourth-order valence-electron chi connectivity index (χ4n) is 1.65. The Balaban J connectivity index is 2.67. The molecule has 0 aliphatic carbocycles. The summed E-state index contributed by atoms with van der Waals surface area (Å²) in [7, 11) is 0. The number of phenolic OH excluding ortho intramolecular Hbond substituents is 1. The average Bonchev–Trinajstić information content (AvgIpc) is 2.29. The minimum atomic E-state index is 0.151. The second kappa shape index (κ2) is 4.14. The summed E-state index contributed by atoms with van der Waals surface area (Å²) in [5.74, 6) is 0.151. The molecule has 0 saturated heterocycles. The Morgan fingerprint density at radius 3 is 2.50 bits per heavy atom. The molecule has 2 aromatic rings. The van der Waals surface area contributed by atoms with Gasteiger partial charge in [0.15, 0.2) is 0 Å². The molecule has 2 aromatic carbocycles. The van der Waals surface area contributed by atoms with Crippen LogP contribution < -0.4 is 0 Å². The van der Waals surface area contributed by atoms with Crippen LogP contribution >= 0.6 is 0 Å². The second-order valence-corrected chi connectivity index (χ2v) is 3.63. The molecule has 16 heavy (non-hydrogen) atoms.